The van der Waals surface area contributed by atoms with Crippen LogP contribution in [-0.2, 0) is 9.59 Å². The van der Waals surface area contributed by atoms with Crippen molar-refractivity contribution in [3.8, 4) is 0 Å². The first kappa shape index (κ1) is 17.4. The molecule has 2 rings (SSSR count). The zero-order chi connectivity index (χ0) is 17.7. The van der Waals surface area contributed by atoms with Crippen LogP contribution in [0.4, 0.5) is 5.69 Å². The Balaban J connectivity index is 2.01. The molecule has 2 N–H and O–H groups in total. The zero-order valence-electron chi connectivity index (χ0n) is 14.3. The molecule has 0 spiro atoms. The van der Waals surface area contributed by atoms with Crippen LogP contribution in [0.25, 0.3) is 0 Å². The molecule has 0 aliphatic heterocycles. The Morgan fingerprint density at radius 2 is 1.58 bits per heavy atom. The van der Waals surface area contributed by atoms with E-state index in [9.17, 15) is 9.59 Å². The lowest BCUT2D eigenvalue weighted by Crippen LogP contribution is -2.32. The maximum absolute atomic E-state index is 11.8. The number of hydrazone groups is 1. The molecular weight excluding hydrogens is 302 g/mol. The van der Waals surface area contributed by atoms with Gasteiger partial charge in [-0.3, -0.25) is 9.59 Å². The third kappa shape index (κ3) is 4.07. The van der Waals surface area contributed by atoms with Gasteiger partial charge in [-0.1, -0.05) is 18.2 Å². The smallest absolute Gasteiger partial charge is 0.318 e. The van der Waals surface area contributed by atoms with Crippen LogP contribution >= 0.6 is 0 Å². The van der Waals surface area contributed by atoms with Gasteiger partial charge in [0.15, 0.2) is 0 Å². The van der Waals surface area contributed by atoms with E-state index >= 15 is 0 Å². The number of hydrogen-bond donors (Lipinski definition) is 2. The fourth-order valence-corrected chi connectivity index (χ4v) is 2.30. The molecule has 0 saturated heterocycles. The number of nitrogens with one attached hydrogen (secondary N) is 2. The molecule has 0 bridgehead atoms. The van der Waals surface area contributed by atoms with E-state index < -0.39 is 11.8 Å². The minimum atomic E-state index is -0.812. The molecule has 0 saturated carbocycles. The van der Waals surface area contributed by atoms with E-state index in [1.807, 2.05) is 26.0 Å². The third-order valence-corrected chi connectivity index (χ3v) is 4.13. The summed E-state index contributed by atoms with van der Waals surface area (Å²) in [7, 11) is 0. The van der Waals surface area contributed by atoms with Gasteiger partial charge in [0, 0.05) is 5.69 Å². The Morgan fingerprint density at radius 3 is 2.25 bits per heavy atom. The van der Waals surface area contributed by atoms with Gasteiger partial charge in [-0.05, 0) is 73.7 Å². The molecule has 0 aromatic heterocycles. The van der Waals surface area contributed by atoms with E-state index in [0.717, 1.165) is 16.7 Å². The molecule has 0 atom stereocenters. The van der Waals surface area contributed by atoms with Gasteiger partial charge in [-0.2, -0.15) is 5.10 Å². The summed E-state index contributed by atoms with van der Waals surface area (Å²) in [4.78, 5) is 23.6. The van der Waals surface area contributed by atoms with Crippen molar-refractivity contribution < 1.29 is 9.59 Å². The Hall–Kier alpha value is -2.95. The molecule has 0 aliphatic carbocycles. The fourth-order valence-electron chi connectivity index (χ4n) is 2.30. The van der Waals surface area contributed by atoms with Gasteiger partial charge < -0.3 is 5.32 Å². The fraction of sp³-hybridized carbons (Fsp3) is 0.211. The lowest BCUT2D eigenvalue weighted by molar-refractivity contribution is -0.136. The average Bonchev–Trinajstić information content (AvgIpc) is 2.58. The minimum Gasteiger partial charge on any atom is -0.318 e. The highest BCUT2D eigenvalue weighted by Crippen LogP contribution is 2.19. The molecule has 5 nitrogen and oxygen atoms in total. The van der Waals surface area contributed by atoms with Crippen LogP contribution in [0.3, 0.4) is 0 Å². The molecule has 124 valence electrons. The van der Waals surface area contributed by atoms with Crippen molar-refractivity contribution in [2.75, 3.05) is 5.32 Å². The van der Waals surface area contributed by atoms with Gasteiger partial charge in [0.25, 0.3) is 0 Å². The molecule has 0 aliphatic rings. The van der Waals surface area contributed by atoms with Crippen LogP contribution < -0.4 is 10.7 Å². The van der Waals surface area contributed by atoms with Gasteiger partial charge >= 0.3 is 11.8 Å². The predicted molar refractivity (Wildman–Crippen MR) is 96.2 cm³/mol. The van der Waals surface area contributed by atoms with Gasteiger partial charge in [0.2, 0.25) is 0 Å². The monoisotopic (exact) mass is 323 g/mol. The molecule has 2 amide bonds. The molecule has 5 heteroatoms. The second kappa shape index (κ2) is 7.55. The van der Waals surface area contributed by atoms with Gasteiger partial charge in [-0.15, -0.1) is 0 Å². The number of carbonyl (C=O) groups is 2. The van der Waals surface area contributed by atoms with E-state index in [4.69, 9.17) is 0 Å². The van der Waals surface area contributed by atoms with Crippen molar-refractivity contribution in [1.82, 2.24) is 5.43 Å². The Bertz CT molecular complexity index is 796. The van der Waals surface area contributed by atoms with Crippen molar-refractivity contribution >= 4 is 23.7 Å². The van der Waals surface area contributed by atoms with Crippen molar-refractivity contribution in [3.63, 3.8) is 0 Å². The summed E-state index contributed by atoms with van der Waals surface area (Å²) >= 11 is 0. The minimum absolute atomic E-state index is 0.558. The van der Waals surface area contributed by atoms with Crippen LogP contribution in [0.1, 0.15) is 27.8 Å². The highest BCUT2D eigenvalue weighted by Gasteiger charge is 2.12. The van der Waals surface area contributed by atoms with Crippen LogP contribution in [0.5, 0.6) is 0 Å². The lowest BCUT2D eigenvalue weighted by atomic mass is 9.95. The molecule has 24 heavy (non-hydrogen) atoms. The van der Waals surface area contributed by atoms with Gasteiger partial charge in [0.05, 0.1) is 6.21 Å². The van der Waals surface area contributed by atoms with E-state index in [1.165, 1.54) is 11.1 Å². The SMILES string of the molecule is Cc1cc(C=NNC(=O)C(=O)Nc2ccccc2)c(C)c(C)c1C. The van der Waals surface area contributed by atoms with E-state index in [-0.39, 0.29) is 0 Å². The van der Waals surface area contributed by atoms with Crippen molar-refractivity contribution in [2.45, 2.75) is 27.7 Å². The summed E-state index contributed by atoms with van der Waals surface area (Å²) in [5.41, 5.74) is 8.43. The number of amides is 2. The largest absolute Gasteiger partial charge is 0.329 e. The Labute approximate surface area is 141 Å². The van der Waals surface area contributed by atoms with Crippen LogP contribution in [0, 0.1) is 27.7 Å². The first-order chi connectivity index (χ1) is 11.4. The van der Waals surface area contributed by atoms with E-state index in [0.29, 0.717) is 5.69 Å². The van der Waals surface area contributed by atoms with E-state index in [2.05, 4.69) is 29.7 Å². The van der Waals surface area contributed by atoms with E-state index in [1.54, 1.807) is 30.5 Å². The van der Waals surface area contributed by atoms with Gasteiger partial charge in [0.1, 0.15) is 0 Å². The number of hydrogen-bond acceptors (Lipinski definition) is 3. The summed E-state index contributed by atoms with van der Waals surface area (Å²) in [6, 6.07) is 10.8. The predicted octanol–water partition coefficient (Wildman–Crippen LogP) is 3.01. The highest BCUT2D eigenvalue weighted by molar-refractivity contribution is 6.39. The number of para-hydroxylation sites is 1. The Morgan fingerprint density at radius 1 is 0.917 bits per heavy atom. The number of aryl methyl sites for hydroxylation is 1. The normalized spacial score (nSPS) is 10.7. The van der Waals surface area contributed by atoms with Crippen molar-refractivity contribution in [2.24, 2.45) is 5.10 Å². The third-order valence-electron chi connectivity index (χ3n) is 4.13. The first-order valence-electron chi connectivity index (χ1n) is 7.67. The maximum atomic E-state index is 11.8. The Kier molecular flexibility index (Phi) is 5.47. The van der Waals surface area contributed by atoms with Crippen molar-refractivity contribution in [1.29, 1.82) is 0 Å². The van der Waals surface area contributed by atoms with Gasteiger partial charge in [-0.25, -0.2) is 5.43 Å². The summed E-state index contributed by atoms with van der Waals surface area (Å²) in [5.74, 6) is -1.57. The second-order valence-corrected chi connectivity index (χ2v) is 5.68. The lowest BCUT2D eigenvalue weighted by Gasteiger charge is -2.11. The molecule has 0 unspecified atom stereocenters. The number of anilines is 1. The molecule has 0 radical (unpaired) electrons. The van der Waals surface area contributed by atoms with Crippen LogP contribution in [0.15, 0.2) is 41.5 Å². The topological polar surface area (TPSA) is 70.6 Å². The molecule has 2 aromatic rings. The van der Waals surface area contributed by atoms with Crippen molar-refractivity contribution in [3.05, 3.63) is 64.2 Å². The van der Waals surface area contributed by atoms with Crippen LogP contribution in [0.2, 0.25) is 0 Å². The maximum Gasteiger partial charge on any atom is 0.329 e. The summed E-state index contributed by atoms with van der Waals surface area (Å²) in [6.45, 7) is 8.17. The first-order valence-corrected chi connectivity index (χ1v) is 7.67. The quantitative estimate of drug-likeness (QED) is 0.518. The number of carbonyl (C=O) groups excluding carboxylic acids is 2. The number of benzene rings is 2. The molecule has 2 aromatic carbocycles. The second-order valence-electron chi connectivity index (χ2n) is 5.68. The summed E-state index contributed by atoms with van der Waals surface area (Å²) in [5, 5.41) is 6.39. The van der Waals surface area contributed by atoms with Crippen LogP contribution in [-0.4, -0.2) is 18.0 Å². The standard InChI is InChI=1S/C19H21N3O2/c1-12-10-16(15(4)14(3)13(12)2)11-20-22-19(24)18(23)21-17-8-6-5-7-9-17/h5-11H,1-4H3,(H,21,23)(H,22,24). The summed E-state index contributed by atoms with van der Waals surface area (Å²) in [6.07, 6.45) is 1.56. The molecule has 0 fully saturated rings. The molecular formula is C19H21N3O2. The number of nitrogens with zero attached hydrogens (tertiary/aromatic N) is 1. The highest BCUT2D eigenvalue weighted by atomic mass is 16.2. The molecule has 0 heterocycles. The number of rotatable bonds is 3. The average molecular weight is 323 g/mol. The zero-order valence-corrected chi connectivity index (χ0v) is 14.3. The summed E-state index contributed by atoms with van der Waals surface area (Å²) < 4.78 is 0.